The third-order valence-corrected chi connectivity index (χ3v) is 2.22. The highest BCUT2D eigenvalue weighted by Crippen LogP contribution is 2.03. The first-order valence-electron chi connectivity index (χ1n) is 5.32. The van der Waals surface area contributed by atoms with Crippen LogP contribution in [0.2, 0.25) is 0 Å². The first kappa shape index (κ1) is 12.5. The highest BCUT2D eigenvalue weighted by molar-refractivity contribution is 5.92. The van der Waals surface area contributed by atoms with Crippen molar-refractivity contribution >= 4 is 5.91 Å². The number of rotatable bonds is 5. The van der Waals surface area contributed by atoms with Crippen LogP contribution in [-0.4, -0.2) is 12.5 Å². The van der Waals surface area contributed by atoms with Crippen molar-refractivity contribution in [3.63, 3.8) is 0 Å². The summed E-state index contributed by atoms with van der Waals surface area (Å²) in [5.74, 6) is -0.385. The molecule has 0 saturated heterocycles. The Morgan fingerprint density at radius 1 is 1.31 bits per heavy atom. The van der Waals surface area contributed by atoms with Crippen LogP contribution in [0.3, 0.4) is 0 Å². The summed E-state index contributed by atoms with van der Waals surface area (Å²) in [4.78, 5) is 10.8. The average Bonchev–Trinajstić information content (AvgIpc) is 2.25. The number of allylic oxidation sites excluding steroid dienone is 1. The van der Waals surface area contributed by atoms with E-state index in [4.69, 9.17) is 5.73 Å². The van der Waals surface area contributed by atoms with E-state index < -0.39 is 0 Å². The molecule has 16 heavy (non-hydrogen) atoms. The predicted molar refractivity (Wildman–Crippen MR) is 66.1 cm³/mol. The maximum absolute atomic E-state index is 10.8. The monoisotopic (exact) mass is 218 g/mol. The van der Waals surface area contributed by atoms with E-state index in [0.29, 0.717) is 5.56 Å². The minimum absolute atomic E-state index is 0.385. The molecule has 3 heteroatoms. The zero-order valence-corrected chi connectivity index (χ0v) is 9.79. The van der Waals surface area contributed by atoms with Crippen LogP contribution in [0.4, 0.5) is 0 Å². The largest absolute Gasteiger partial charge is 0.366 e. The van der Waals surface area contributed by atoms with Crippen LogP contribution in [0.25, 0.3) is 0 Å². The molecule has 3 N–H and O–H groups in total. The quantitative estimate of drug-likeness (QED) is 0.585. The van der Waals surface area contributed by atoms with Gasteiger partial charge in [0.05, 0.1) is 0 Å². The molecule has 0 aliphatic carbocycles. The van der Waals surface area contributed by atoms with Gasteiger partial charge in [0.2, 0.25) is 5.91 Å². The molecule has 1 amide bonds. The molecule has 1 aromatic carbocycles. The van der Waals surface area contributed by atoms with E-state index >= 15 is 0 Å². The van der Waals surface area contributed by atoms with Crippen LogP contribution >= 0.6 is 0 Å². The number of hydrogen-bond donors (Lipinski definition) is 2. The fraction of sp³-hybridized carbons (Fsp3) is 0.308. The van der Waals surface area contributed by atoms with Crippen LogP contribution in [0.5, 0.6) is 0 Å². The van der Waals surface area contributed by atoms with E-state index in [1.165, 1.54) is 5.57 Å². The predicted octanol–water partition coefficient (Wildman–Crippen LogP) is 1.84. The molecule has 0 aromatic heterocycles. The van der Waals surface area contributed by atoms with Gasteiger partial charge < -0.3 is 11.1 Å². The van der Waals surface area contributed by atoms with Gasteiger partial charge in [-0.3, -0.25) is 4.79 Å². The van der Waals surface area contributed by atoms with Crippen molar-refractivity contribution in [3.8, 4) is 0 Å². The zero-order valence-electron chi connectivity index (χ0n) is 9.79. The number of carbonyl (C=O) groups is 1. The van der Waals surface area contributed by atoms with Gasteiger partial charge in [-0.05, 0) is 31.5 Å². The SMILES string of the molecule is CC(C)=CCNCc1ccc(C(N)=O)cc1. The summed E-state index contributed by atoms with van der Waals surface area (Å²) in [6.45, 7) is 5.80. The Hall–Kier alpha value is -1.61. The molecule has 1 aromatic rings. The lowest BCUT2D eigenvalue weighted by Gasteiger charge is -2.03. The van der Waals surface area contributed by atoms with Gasteiger partial charge in [0.15, 0.2) is 0 Å². The minimum atomic E-state index is -0.385. The van der Waals surface area contributed by atoms with Gasteiger partial charge in [-0.15, -0.1) is 0 Å². The molecule has 0 atom stereocenters. The highest BCUT2D eigenvalue weighted by atomic mass is 16.1. The van der Waals surface area contributed by atoms with E-state index in [9.17, 15) is 4.79 Å². The number of nitrogens with one attached hydrogen (secondary N) is 1. The van der Waals surface area contributed by atoms with Crippen LogP contribution < -0.4 is 11.1 Å². The van der Waals surface area contributed by atoms with Crippen molar-refractivity contribution < 1.29 is 4.79 Å². The summed E-state index contributed by atoms with van der Waals surface area (Å²) in [6, 6.07) is 7.33. The Bertz CT molecular complexity index is 375. The molecular formula is C13H18N2O. The van der Waals surface area contributed by atoms with Crippen LogP contribution in [0.15, 0.2) is 35.9 Å². The Morgan fingerprint density at radius 3 is 2.44 bits per heavy atom. The summed E-state index contributed by atoms with van der Waals surface area (Å²) >= 11 is 0. The molecule has 0 aliphatic heterocycles. The fourth-order valence-electron chi connectivity index (χ4n) is 1.28. The number of carbonyl (C=O) groups excluding carboxylic acids is 1. The third-order valence-electron chi connectivity index (χ3n) is 2.22. The molecule has 0 spiro atoms. The fourth-order valence-corrected chi connectivity index (χ4v) is 1.28. The molecule has 86 valence electrons. The number of amides is 1. The number of benzene rings is 1. The van der Waals surface area contributed by atoms with Crippen LogP contribution in [-0.2, 0) is 6.54 Å². The second-order valence-corrected chi connectivity index (χ2v) is 3.97. The number of hydrogen-bond acceptors (Lipinski definition) is 2. The zero-order chi connectivity index (χ0) is 12.0. The van der Waals surface area contributed by atoms with Crippen molar-refractivity contribution in [3.05, 3.63) is 47.0 Å². The number of nitrogens with two attached hydrogens (primary N) is 1. The lowest BCUT2D eigenvalue weighted by molar-refractivity contribution is 0.100. The molecule has 0 heterocycles. The first-order chi connectivity index (χ1) is 7.59. The average molecular weight is 218 g/mol. The third kappa shape index (κ3) is 4.28. The van der Waals surface area contributed by atoms with Crippen LogP contribution in [0, 0.1) is 0 Å². The van der Waals surface area contributed by atoms with Gasteiger partial charge >= 0.3 is 0 Å². The molecule has 0 bridgehead atoms. The maximum Gasteiger partial charge on any atom is 0.248 e. The molecule has 0 fully saturated rings. The Labute approximate surface area is 96.3 Å². The molecule has 0 unspecified atom stereocenters. The van der Waals surface area contributed by atoms with Crippen molar-refractivity contribution in [2.75, 3.05) is 6.54 Å². The van der Waals surface area contributed by atoms with E-state index in [1.54, 1.807) is 12.1 Å². The topological polar surface area (TPSA) is 55.1 Å². The normalized spacial score (nSPS) is 9.88. The second-order valence-electron chi connectivity index (χ2n) is 3.97. The highest BCUT2D eigenvalue weighted by Gasteiger charge is 1.98. The minimum Gasteiger partial charge on any atom is -0.366 e. The lowest BCUT2D eigenvalue weighted by atomic mass is 10.1. The van der Waals surface area contributed by atoms with Gasteiger partial charge in [-0.1, -0.05) is 23.8 Å². The van der Waals surface area contributed by atoms with Crippen molar-refractivity contribution in [2.24, 2.45) is 5.73 Å². The second kappa shape index (κ2) is 6.08. The van der Waals surface area contributed by atoms with Gasteiger partial charge in [-0.2, -0.15) is 0 Å². The Balaban J connectivity index is 2.44. The maximum atomic E-state index is 10.8. The lowest BCUT2D eigenvalue weighted by Crippen LogP contribution is -2.14. The molecule has 0 aliphatic rings. The first-order valence-corrected chi connectivity index (χ1v) is 5.32. The molecule has 0 radical (unpaired) electrons. The molecule has 1 rings (SSSR count). The summed E-state index contributed by atoms with van der Waals surface area (Å²) in [6.07, 6.45) is 2.14. The summed E-state index contributed by atoms with van der Waals surface area (Å²) in [5, 5.41) is 3.29. The van der Waals surface area contributed by atoms with Crippen molar-refractivity contribution in [1.82, 2.24) is 5.32 Å². The molecule has 3 nitrogen and oxygen atoms in total. The summed E-state index contributed by atoms with van der Waals surface area (Å²) in [7, 11) is 0. The number of primary amides is 1. The van der Waals surface area contributed by atoms with E-state index in [-0.39, 0.29) is 5.91 Å². The van der Waals surface area contributed by atoms with E-state index in [0.717, 1.165) is 18.7 Å². The van der Waals surface area contributed by atoms with E-state index in [2.05, 4.69) is 25.2 Å². The van der Waals surface area contributed by atoms with Gasteiger partial charge in [-0.25, -0.2) is 0 Å². The standard InChI is InChI=1S/C13H18N2O/c1-10(2)7-8-15-9-11-3-5-12(6-4-11)13(14)16/h3-7,15H,8-9H2,1-2H3,(H2,14,16). The molecular weight excluding hydrogens is 200 g/mol. The molecule has 0 saturated carbocycles. The van der Waals surface area contributed by atoms with Crippen molar-refractivity contribution in [1.29, 1.82) is 0 Å². The summed E-state index contributed by atoms with van der Waals surface area (Å²) in [5.41, 5.74) is 8.15. The van der Waals surface area contributed by atoms with Gasteiger partial charge in [0, 0.05) is 18.7 Å². The smallest absolute Gasteiger partial charge is 0.248 e. The van der Waals surface area contributed by atoms with Crippen LogP contribution in [0.1, 0.15) is 29.8 Å². The Kier molecular flexibility index (Phi) is 4.73. The summed E-state index contributed by atoms with van der Waals surface area (Å²) < 4.78 is 0. The van der Waals surface area contributed by atoms with Gasteiger partial charge in [0.25, 0.3) is 0 Å². The Morgan fingerprint density at radius 2 is 1.94 bits per heavy atom. The van der Waals surface area contributed by atoms with Crippen molar-refractivity contribution in [2.45, 2.75) is 20.4 Å². The van der Waals surface area contributed by atoms with Gasteiger partial charge in [0.1, 0.15) is 0 Å². The van der Waals surface area contributed by atoms with E-state index in [1.807, 2.05) is 12.1 Å².